The van der Waals surface area contributed by atoms with Gasteiger partial charge in [-0.3, -0.25) is 4.79 Å². The molecule has 31 heavy (non-hydrogen) atoms. The Hall–Kier alpha value is -2.48. The Morgan fingerprint density at radius 1 is 0.903 bits per heavy atom. The molecule has 1 saturated heterocycles. The van der Waals surface area contributed by atoms with Gasteiger partial charge in [0, 0.05) is 26.2 Å². The first-order valence-corrected chi connectivity index (χ1v) is 11.9. The number of sulfonamides is 2. The van der Waals surface area contributed by atoms with Gasteiger partial charge in [-0.2, -0.15) is 4.31 Å². The minimum absolute atomic E-state index is 0.0385. The standard InChI is InChI=1S/C18H18F3N3O5S2/c19-13-3-1-4-14(11-13)31(28,29)24-9-7-23(8-10-24)17(25)12-22-30(26,27)18-15(20)5-2-6-16(18)21/h1-6,11,22H,7-10,12H2. The summed E-state index contributed by atoms with van der Waals surface area (Å²) in [5, 5.41) is 0. The second-order valence-corrected chi connectivity index (χ2v) is 10.3. The Morgan fingerprint density at radius 2 is 1.48 bits per heavy atom. The highest BCUT2D eigenvalue weighted by atomic mass is 32.2. The van der Waals surface area contributed by atoms with Crippen LogP contribution in [0.5, 0.6) is 0 Å². The average Bonchev–Trinajstić information content (AvgIpc) is 2.72. The van der Waals surface area contributed by atoms with Gasteiger partial charge < -0.3 is 4.90 Å². The monoisotopic (exact) mass is 477 g/mol. The maximum absolute atomic E-state index is 13.7. The number of carbonyl (C=O) groups excluding carboxylic acids is 1. The van der Waals surface area contributed by atoms with Gasteiger partial charge in [0.25, 0.3) is 0 Å². The number of nitrogens with zero attached hydrogens (tertiary/aromatic N) is 2. The Kier molecular flexibility index (Phi) is 6.69. The molecular weight excluding hydrogens is 459 g/mol. The molecule has 0 saturated carbocycles. The van der Waals surface area contributed by atoms with Gasteiger partial charge >= 0.3 is 0 Å². The molecule has 1 aliphatic heterocycles. The molecule has 1 fully saturated rings. The van der Waals surface area contributed by atoms with Gasteiger partial charge in [0.2, 0.25) is 26.0 Å². The van der Waals surface area contributed by atoms with Gasteiger partial charge in [-0.1, -0.05) is 12.1 Å². The van der Waals surface area contributed by atoms with E-state index in [0.717, 1.165) is 34.6 Å². The van der Waals surface area contributed by atoms with Crippen LogP contribution >= 0.6 is 0 Å². The Balaban J connectivity index is 1.61. The molecule has 168 valence electrons. The van der Waals surface area contributed by atoms with Crippen molar-refractivity contribution in [3.8, 4) is 0 Å². The number of halogens is 3. The van der Waals surface area contributed by atoms with Crippen molar-refractivity contribution in [1.82, 2.24) is 13.9 Å². The van der Waals surface area contributed by atoms with Crippen molar-refractivity contribution in [3.05, 3.63) is 59.9 Å². The van der Waals surface area contributed by atoms with Gasteiger partial charge in [-0.25, -0.2) is 34.7 Å². The lowest BCUT2D eigenvalue weighted by atomic mass is 10.3. The first-order chi connectivity index (χ1) is 14.5. The van der Waals surface area contributed by atoms with Gasteiger partial charge in [-0.15, -0.1) is 0 Å². The lowest BCUT2D eigenvalue weighted by Crippen LogP contribution is -2.52. The van der Waals surface area contributed by atoms with E-state index < -0.39 is 54.8 Å². The van der Waals surface area contributed by atoms with E-state index in [4.69, 9.17) is 0 Å². The van der Waals surface area contributed by atoms with Gasteiger partial charge in [0.05, 0.1) is 11.4 Å². The number of nitrogens with one attached hydrogen (secondary N) is 1. The molecule has 0 bridgehead atoms. The molecule has 13 heteroatoms. The van der Waals surface area contributed by atoms with E-state index in [-0.39, 0.29) is 31.1 Å². The third-order valence-electron chi connectivity index (χ3n) is 4.63. The van der Waals surface area contributed by atoms with Crippen LogP contribution in [0.1, 0.15) is 0 Å². The van der Waals surface area contributed by atoms with Crippen molar-refractivity contribution in [2.24, 2.45) is 0 Å². The number of hydrogen-bond donors (Lipinski definition) is 1. The topological polar surface area (TPSA) is 104 Å². The van der Waals surface area contributed by atoms with E-state index in [1.807, 2.05) is 4.72 Å². The molecule has 0 unspecified atom stereocenters. The summed E-state index contributed by atoms with van der Waals surface area (Å²) < 4.78 is 93.2. The fourth-order valence-electron chi connectivity index (χ4n) is 3.03. The second kappa shape index (κ2) is 8.94. The molecule has 1 N–H and O–H groups in total. The van der Waals surface area contributed by atoms with Crippen LogP contribution in [0.15, 0.2) is 52.3 Å². The molecule has 3 rings (SSSR count). The van der Waals surface area contributed by atoms with E-state index in [1.165, 1.54) is 17.0 Å². The summed E-state index contributed by atoms with van der Waals surface area (Å²) >= 11 is 0. The van der Waals surface area contributed by atoms with E-state index in [1.54, 1.807) is 0 Å². The fourth-order valence-corrected chi connectivity index (χ4v) is 5.60. The predicted molar refractivity (Wildman–Crippen MR) is 103 cm³/mol. The quantitative estimate of drug-likeness (QED) is 0.666. The van der Waals surface area contributed by atoms with Crippen LogP contribution in [-0.2, 0) is 24.8 Å². The number of amides is 1. The largest absolute Gasteiger partial charge is 0.339 e. The lowest BCUT2D eigenvalue weighted by Gasteiger charge is -2.34. The molecule has 1 aliphatic rings. The van der Waals surface area contributed by atoms with Crippen LogP contribution in [0, 0.1) is 17.5 Å². The minimum atomic E-state index is -4.62. The maximum atomic E-state index is 13.7. The van der Waals surface area contributed by atoms with E-state index in [9.17, 15) is 34.8 Å². The summed E-state index contributed by atoms with van der Waals surface area (Å²) in [4.78, 5) is 12.1. The molecule has 2 aromatic rings. The van der Waals surface area contributed by atoms with Gasteiger partial charge in [0.1, 0.15) is 17.5 Å². The van der Waals surface area contributed by atoms with Crippen molar-refractivity contribution in [2.75, 3.05) is 32.7 Å². The van der Waals surface area contributed by atoms with Crippen LogP contribution in [0.3, 0.4) is 0 Å². The molecular formula is C18H18F3N3O5S2. The molecule has 0 spiro atoms. The minimum Gasteiger partial charge on any atom is -0.339 e. The third-order valence-corrected chi connectivity index (χ3v) is 7.97. The number of piperazine rings is 1. The summed E-state index contributed by atoms with van der Waals surface area (Å²) in [6, 6.07) is 7.09. The van der Waals surface area contributed by atoms with Crippen LogP contribution < -0.4 is 4.72 Å². The molecule has 1 heterocycles. The van der Waals surface area contributed by atoms with E-state index >= 15 is 0 Å². The number of hydrogen-bond acceptors (Lipinski definition) is 5. The van der Waals surface area contributed by atoms with Crippen LogP contribution in [0.4, 0.5) is 13.2 Å². The fraction of sp³-hybridized carbons (Fsp3) is 0.278. The van der Waals surface area contributed by atoms with E-state index in [2.05, 4.69) is 0 Å². The number of rotatable bonds is 6. The number of carbonyl (C=O) groups is 1. The smallest absolute Gasteiger partial charge is 0.246 e. The van der Waals surface area contributed by atoms with Crippen molar-refractivity contribution in [3.63, 3.8) is 0 Å². The first-order valence-electron chi connectivity index (χ1n) is 8.99. The summed E-state index contributed by atoms with van der Waals surface area (Å²) in [6.45, 7) is -1.00. The highest BCUT2D eigenvalue weighted by Crippen LogP contribution is 2.19. The zero-order chi connectivity index (χ0) is 22.8. The maximum Gasteiger partial charge on any atom is 0.246 e. The first kappa shape index (κ1) is 23.2. The molecule has 2 aromatic carbocycles. The molecule has 0 aliphatic carbocycles. The van der Waals surface area contributed by atoms with Gasteiger partial charge in [-0.05, 0) is 30.3 Å². The molecule has 0 atom stereocenters. The zero-order valence-corrected chi connectivity index (χ0v) is 17.6. The van der Waals surface area contributed by atoms with E-state index in [0.29, 0.717) is 0 Å². The highest BCUT2D eigenvalue weighted by Gasteiger charge is 2.31. The van der Waals surface area contributed by atoms with Crippen molar-refractivity contribution < 1.29 is 34.8 Å². The molecule has 0 radical (unpaired) electrons. The Labute approximate surface area is 177 Å². The second-order valence-electron chi connectivity index (χ2n) is 6.62. The van der Waals surface area contributed by atoms with Crippen LogP contribution in [0.2, 0.25) is 0 Å². The SMILES string of the molecule is O=C(CNS(=O)(=O)c1c(F)cccc1F)N1CCN(S(=O)(=O)c2cccc(F)c2)CC1. The number of benzene rings is 2. The predicted octanol–water partition coefficient (Wildman–Crippen LogP) is 0.915. The Morgan fingerprint density at radius 3 is 2.06 bits per heavy atom. The highest BCUT2D eigenvalue weighted by molar-refractivity contribution is 7.89. The third kappa shape index (κ3) is 5.06. The summed E-state index contributed by atoms with van der Waals surface area (Å²) in [6.07, 6.45) is 0. The van der Waals surface area contributed by atoms with Crippen molar-refractivity contribution in [2.45, 2.75) is 9.79 Å². The van der Waals surface area contributed by atoms with Crippen molar-refractivity contribution in [1.29, 1.82) is 0 Å². The lowest BCUT2D eigenvalue weighted by molar-refractivity contribution is -0.131. The summed E-state index contributed by atoms with van der Waals surface area (Å²) in [7, 11) is -8.57. The van der Waals surface area contributed by atoms with Crippen LogP contribution in [0.25, 0.3) is 0 Å². The molecule has 0 aromatic heterocycles. The normalized spacial score (nSPS) is 15.8. The average molecular weight is 477 g/mol. The summed E-state index contributed by atoms with van der Waals surface area (Å²) in [5.74, 6) is -3.98. The summed E-state index contributed by atoms with van der Waals surface area (Å²) in [5.41, 5.74) is 0. The molecule has 8 nitrogen and oxygen atoms in total. The van der Waals surface area contributed by atoms with Gasteiger partial charge in [0.15, 0.2) is 4.90 Å². The molecule has 1 amide bonds. The zero-order valence-electron chi connectivity index (χ0n) is 16.0. The van der Waals surface area contributed by atoms with Crippen LogP contribution in [-0.4, -0.2) is 64.7 Å². The Bertz CT molecular complexity index is 1180. The van der Waals surface area contributed by atoms with Crippen molar-refractivity contribution >= 4 is 26.0 Å².